The summed E-state index contributed by atoms with van der Waals surface area (Å²) in [5, 5.41) is 11.9. The number of hydrogen-bond acceptors (Lipinski definition) is 8. The molecule has 1 amide bonds. The lowest BCUT2D eigenvalue weighted by atomic mass is 10.1. The molecule has 0 radical (unpaired) electrons. The Balaban J connectivity index is 1.90. The Morgan fingerprint density at radius 2 is 2.07 bits per heavy atom. The van der Waals surface area contributed by atoms with E-state index in [4.69, 9.17) is 4.74 Å². The highest BCUT2D eigenvalue weighted by Crippen LogP contribution is 2.31. The molecule has 148 valence electrons. The van der Waals surface area contributed by atoms with E-state index in [9.17, 15) is 9.59 Å². The van der Waals surface area contributed by atoms with Gasteiger partial charge < -0.3 is 10.1 Å². The number of anilines is 2. The van der Waals surface area contributed by atoms with Gasteiger partial charge in [-0.1, -0.05) is 13.8 Å². The molecule has 3 rings (SSSR count). The van der Waals surface area contributed by atoms with Crippen LogP contribution >= 0.6 is 11.3 Å². The smallest absolute Gasteiger partial charge is 0.285 e. The Labute approximate surface area is 165 Å². The first-order valence-corrected chi connectivity index (χ1v) is 9.65. The van der Waals surface area contributed by atoms with Crippen LogP contribution in [0.15, 0.2) is 29.3 Å². The van der Waals surface area contributed by atoms with E-state index >= 15 is 0 Å². The minimum atomic E-state index is -0.412. The molecular weight excluding hydrogens is 380 g/mol. The average molecular weight is 402 g/mol. The molecule has 0 unspecified atom stereocenters. The van der Waals surface area contributed by atoms with E-state index in [1.807, 2.05) is 19.9 Å². The fourth-order valence-electron chi connectivity index (χ4n) is 2.65. The van der Waals surface area contributed by atoms with Crippen molar-refractivity contribution >= 4 is 38.3 Å². The summed E-state index contributed by atoms with van der Waals surface area (Å²) in [5.41, 5.74) is 0.475. The predicted molar refractivity (Wildman–Crippen MR) is 109 cm³/mol. The number of methoxy groups -OCH3 is 1. The molecule has 0 atom stereocenters. The SMILES string of the molecule is COCCNc1cc2c(C(C)C)nn(CC(=O)Nc3ncccn3)c(=O)c2s1. The molecule has 9 nitrogen and oxygen atoms in total. The number of fused-ring (bicyclic) bond motifs is 1. The third-order valence-electron chi connectivity index (χ3n) is 3.93. The standard InChI is InChI=1S/C18H22N6O3S/c1-11(2)15-12-9-14(19-7-8-27-3)28-16(12)17(26)24(23-15)10-13(25)22-18-20-5-4-6-21-18/h4-6,9,11,19H,7-8,10H2,1-3H3,(H,20,21,22,25). The van der Waals surface area contributed by atoms with Crippen LogP contribution in [0.2, 0.25) is 0 Å². The number of carbonyl (C=O) groups excluding carboxylic acids is 1. The van der Waals surface area contributed by atoms with Gasteiger partial charge in [0.25, 0.3) is 5.56 Å². The largest absolute Gasteiger partial charge is 0.383 e. The van der Waals surface area contributed by atoms with Crippen molar-refractivity contribution in [3.8, 4) is 0 Å². The summed E-state index contributed by atoms with van der Waals surface area (Å²) in [5.74, 6) is -0.132. The number of nitrogens with zero attached hydrogens (tertiary/aromatic N) is 4. The van der Waals surface area contributed by atoms with Crippen LogP contribution in [0.4, 0.5) is 10.9 Å². The molecular formula is C18H22N6O3S. The molecule has 0 saturated carbocycles. The first-order valence-electron chi connectivity index (χ1n) is 8.83. The second kappa shape index (κ2) is 8.89. The lowest BCUT2D eigenvalue weighted by Gasteiger charge is -2.11. The van der Waals surface area contributed by atoms with Crippen LogP contribution in [-0.4, -0.2) is 45.9 Å². The van der Waals surface area contributed by atoms with Gasteiger partial charge in [-0.25, -0.2) is 14.6 Å². The van der Waals surface area contributed by atoms with Crippen LogP contribution in [0.5, 0.6) is 0 Å². The van der Waals surface area contributed by atoms with Gasteiger partial charge >= 0.3 is 0 Å². The maximum atomic E-state index is 12.9. The minimum Gasteiger partial charge on any atom is -0.383 e. The highest BCUT2D eigenvalue weighted by Gasteiger charge is 2.18. The van der Waals surface area contributed by atoms with Crippen molar-refractivity contribution in [3.63, 3.8) is 0 Å². The number of amides is 1. The van der Waals surface area contributed by atoms with Crippen LogP contribution in [0.25, 0.3) is 10.1 Å². The number of thiophene rings is 1. The summed E-state index contributed by atoms with van der Waals surface area (Å²) < 4.78 is 6.82. The maximum absolute atomic E-state index is 12.9. The number of carbonyl (C=O) groups is 1. The molecule has 3 aromatic heterocycles. The van der Waals surface area contributed by atoms with Crippen molar-refractivity contribution in [1.82, 2.24) is 19.7 Å². The maximum Gasteiger partial charge on any atom is 0.285 e. The molecule has 3 aromatic rings. The van der Waals surface area contributed by atoms with Crippen LogP contribution in [0.1, 0.15) is 25.5 Å². The number of nitrogens with one attached hydrogen (secondary N) is 2. The fourth-order valence-corrected chi connectivity index (χ4v) is 3.68. The molecule has 0 aromatic carbocycles. The monoisotopic (exact) mass is 402 g/mol. The van der Waals surface area contributed by atoms with E-state index < -0.39 is 5.91 Å². The average Bonchev–Trinajstić information content (AvgIpc) is 3.09. The van der Waals surface area contributed by atoms with Crippen molar-refractivity contribution in [2.45, 2.75) is 26.3 Å². The number of hydrogen-bond donors (Lipinski definition) is 2. The Morgan fingerprint density at radius 1 is 1.32 bits per heavy atom. The molecule has 0 bridgehead atoms. The minimum absolute atomic E-state index is 0.0938. The first-order chi connectivity index (χ1) is 13.5. The molecule has 2 N–H and O–H groups in total. The highest BCUT2D eigenvalue weighted by atomic mass is 32.1. The van der Waals surface area contributed by atoms with Crippen LogP contribution in [-0.2, 0) is 16.1 Å². The molecule has 0 aliphatic heterocycles. The predicted octanol–water partition coefficient (Wildman–Crippen LogP) is 2.07. The molecule has 28 heavy (non-hydrogen) atoms. The van der Waals surface area contributed by atoms with Crippen LogP contribution in [0.3, 0.4) is 0 Å². The van der Waals surface area contributed by atoms with E-state index in [0.717, 1.165) is 16.1 Å². The van der Waals surface area contributed by atoms with Crippen molar-refractivity contribution in [1.29, 1.82) is 0 Å². The Kier molecular flexibility index (Phi) is 6.32. The summed E-state index contributed by atoms with van der Waals surface area (Å²) in [4.78, 5) is 33.1. The molecule has 0 aliphatic carbocycles. The van der Waals surface area contributed by atoms with E-state index in [1.165, 1.54) is 28.4 Å². The van der Waals surface area contributed by atoms with Crippen molar-refractivity contribution in [2.75, 3.05) is 30.9 Å². The molecule has 0 fully saturated rings. The summed E-state index contributed by atoms with van der Waals surface area (Å²) in [6, 6.07) is 3.58. The lowest BCUT2D eigenvalue weighted by molar-refractivity contribution is -0.117. The lowest BCUT2D eigenvalue weighted by Crippen LogP contribution is -2.30. The third kappa shape index (κ3) is 4.52. The van der Waals surface area contributed by atoms with Crippen molar-refractivity contribution < 1.29 is 9.53 Å². The summed E-state index contributed by atoms with van der Waals surface area (Å²) in [7, 11) is 1.64. The summed E-state index contributed by atoms with van der Waals surface area (Å²) >= 11 is 1.35. The molecule has 3 heterocycles. The summed E-state index contributed by atoms with van der Waals surface area (Å²) in [6.45, 7) is 5.00. The topological polar surface area (TPSA) is 111 Å². The quantitative estimate of drug-likeness (QED) is 0.555. The Hall–Kier alpha value is -2.85. The van der Waals surface area contributed by atoms with Gasteiger partial charge in [-0.05, 0) is 18.1 Å². The van der Waals surface area contributed by atoms with Gasteiger partial charge in [0.15, 0.2) is 0 Å². The molecule has 0 aliphatic rings. The van der Waals surface area contributed by atoms with Crippen molar-refractivity contribution in [2.24, 2.45) is 0 Å². The number of aromatic nitrogens is 4. The molecule has 0 saturated heterocycles. The zero-order valence-corrected chi connectivity index (χ0v) is 16.7. The second-order valence-electron chi connectivity index (χ2n) is 6.40. The zero-order valence-electron chi connectivity index (χ0n) is 15.9. The molecule has 0 spiro atoms. The third-order valence-corrected chi connectivity index (χ3v) is 5.01. The number of ether oxygens (including phenoxy) is 1. The normalized spacial score (nSPS) is 11.1. The zero-order chi connectivity index (χ0) is 20.1. The van der Waals surface area contributed by atoms with E-state index in [0.29, 0.717) is 17.9 Å². The van der Waals surface area contributed by atoms with Crippen LogP contribution < -0.4 is 16.2 Å². The van der Waals surface area contributed by atoms with Gasteiger partial charge in [-0.2, -0.15) is 5.10 Å². The van der Waals surface area contributed by atoms with Gasteiger partial charge in [0.2, 0.25) is 11.9 Å². The van der Waals surface area contributed by atoms with E-state index in [1.54, 1.807) is 13.2 Å². The van der Waals surface area contributed by atoms with Gasteiger partial charge in [-0.15, -0.1) is 11.3 Å². The second-order valence-corrected chi connectivity index (χ2v) is 7.45. The fraction of sp³-hybridized carbons (Fsp3) is 0.389. The Morgan fingerprint density at radius 3 is 2.75 bits per heavy atom. The van der Waals surface area contributed by atoms with Gasteiger partial charge in [0, 0.05) is 31.4 Å². The highest BCUT2D eigenvalue weighted by molar-refractivity contribution is 7.22. The van der Waals surface area contributed by atoms with Crippen LogP contribution in [0, 0.1) is 0 Å². The number of rotatable bonds is 8. The first kappa shape index (κ1) is 19.9. The Bertz CT molecular complexity index is 1020. The van der Waals surface area contributed by atoms with E-state index in [2.05, 4.69) is 25.7 Å². The van der Waals surface area contributed by atoms with Gasteiger partial charge in [0.1, 0.15) is 11.2 Å². The van der Waals surface area contributed by atoms with Gasteiger partial charge in [-0.3, -0.25) is 14.9 Å². The molecule has 10 heteroatoms. The van der Waals surface area contributed by atoms with Gasteiger partial charge in [0.05, 0.1) is 17.3 Å². The van der Waals surface area contributed by atoms with E-state index in [-0.39, 0.29) is 24.0 Å². The summed E-state index contributed by atoms with van der Waals surface area (Å²) in [6.07, 6.45) is 3.05. The van der Waals surface area contributed by atoms with Crippen molar-refractivity contribution in [3.05, 3.63) is 40.6 Å².